The summed E-state index contributed by atoms with van der Waals surface area (Å²) in [5.74, 6) is 1.66. The Morgan fingerprint density at radius 3 is 2.82 bits per heavy atom. The van der Waals surface area contributed by atoms with Crippen molar-refractivity contribution in [3.63, 3.8) is 0 Å². The molecule has 1 fully saturated rings. The van der Waals surface area contributed by atoms with E-state index >= 15 is 0 Å². The van der Waals surface area contributed by atoms with E-state index in [9.17, 15) is 8.42 Å². The van der Waals surface area contributed by atoms with Gasteiger partial charge in [-0.05, 0) is 19.8 Å². The summed E-state index contributed by atoms with van der Waals surface area (Å²) in [7, 11) is -2.91. The second-order valence-electron chi connectivity index (χ2n) is 5.61. The van der Waals surface area contributed by atoms with Gasteiger partial charge < -0.3 is 10.2 Å². The molecule has 0 spiro atoms. The highest BCUT2D eigenvalue weighted by Gasteiger charge is 2.32. The Hall–Kier alpha value is -1.44. The van der Waals surface area contributed by atoms with Crippen molar-refractivity contribution in [2.75, 3.05) is 34.8 Å². The third-order valence-electron chi connectivity index (χ3n) is 3.89. The molecule has 8 heteroatoms. The van der Waals surface area contributed by atoms with Crippen LogP contribution in [0.1, 0.15) is 39.5 Å². The molecule has 124 valence electrons. The molecule has 0 aromatic carbocycles. The van der Waals surface area contributed by atoms with Crippen LogP contribution in [0.5, 0.6) is 0 Å². The molecule has 0 amide bonds. The lowest BCUT2D eigenvalue weighted by Crippen LogP contribution is -2.37. The average Bonchev–Trinajstić information content (AvgIpc) is 2.85. The van der Waals surface area contributed by atoms with E-state index in [0.717, 1.165) is 13.0 Å². The predicted molar refractivity (Wildman–Crippen MR) is 87.9 cm³/mol. The van der Waals surface area contributed by atoms with Gasteiger partial charge in [-0.3, -0.25) is 0 Å². The van der Waals surface area contributed by atoms with Crippen LogP contribution in [0.2, 0.25) is 0 Å². The van der Waals surface area contributed by atoms with Gasteiger partial charge in [-0.2, -0.15) is 10.1 Å². The number of sulfone groups is 1. The van der Waals surface area contributed by atoms with Gasteiger partial charge in [0.25, 0.3) is 0 Å². The monoisotopic (exact) mass is 327 g/mol. The Balaban J connectivity index is 2.03. The third-order valence-corrected chi connectivity index (χ3v) is 5.64. The van der Waals surface area contributed by atoms with Crippen LogP contribution in [0.4, 0.5) is 11.8 Å². The number of rotatable bonds is 8. The van der Waals surface area contributed by atoms with Crippen LogP contribution in [-0.2, 0) is 9.84 Å². The summed E-state index contributed by atoms with van der Waals surface area (Å²) in [6.07, 6.45) is 5.66. The average molecular weight is 327 g/mol. The molecule has 0 bridgehead atoms. The number of hydrogen-bond donors (Lipinski definition) is 1. The number of nitrogens with one attached hydrogen (secondary N) is 1. The van der Waals surface area contributed by atoms with E-state index in [1.165, 1.54) is 12.8 Å². The zero-order valence-corrected chi connectivity index (χ0v) is 14.1. The van der Waals surface area contributed by atoms with Gasteiger partial charge in [0.1, 0.15) is 0 Å². The van der Waals surface area contributed by atoms with Crippen molar-refractivity contribution in [2.24, 2.45) is 0 Å². The van der Waals surface area contributed by atoms with Gasteiger partial charge in [-0.15, -0.1) is 5.10 Å². The van der Waals surface area contributed by atoms with Crippen LogP contribution in [0.3, 0.4) is 0 Å². The Labute approximate surface area is 132 Å². The van der Waals surface area contributed by atoms with E-state index < -0.39 is 9.84 Å². The smallest absolute Gasteiger partial charge is 0.244 e. The molecule has 1 aliphatic heterocycles. The Morgan fingerprint density at radius 1 is 1.36 bits per heavy atom. The molecule has 2 rings (SSSR count). The molecule has 0 aliphatic carbocycles. The molecular formula is C14H25N5O2S. The summed E-state index contributed by atoms with van der Waals surface area (Å²) in [5.41, 5.74) is 0. The van der Waals surface area contributed by atoms with E-state index in [4.69, 9.17) is 0 Å². The molecule has 1 saturated heterocycles. The fourth-order valence-electron chi connectivity index (χ4n) is 2.71. The molecule has 1 atom stereocenters. The minimum absolute atomic E-state index is 0.0142. The quantitative estimate of drug-likeness (QED) is 0.724. The SMILES string of the molecule is CCCCCNc1nncc(N(CC)C2CCS(=O)(=O)C2)n1. The maximum Gasteiger partial charge on any atom is 0.244 e. The van der Waals surface area contributed by atoms with Gasteiger partial charge in [0.05, 0.1) is 17.7 Å². The van der Waals surface area contributed by atoms with Gasteiger partial charge in [-0.25, -0.2) is 8.42 Å². The van der Waals surface area contributed by atoms with Gasteiger partial charge >= 0.3 is 0 Å². The first-order chi connectivity index (χ1) is 10.6. The van der Waals surface area contributed by atoms with Crippen molar-refractivity contribution in [3.05, 3.63) is 6.20 Å². The van der Waals surface area contributed by atoms with Crippen LogP contribution < -0.4 is 10.2 Å². The molecule has 1 aromatic rings. The lowest BCUT2D eigenvalue weighted by atomic mass is 10.2. The Kier molecular flexibility index (Phi) is 5.93. The van der Waals surface area contributed by atoms with E-state index in [2.05, 4.69) is 27.4 Å². The van der Waals surface area contributed by atoms with Crippen LogP contribution in [-0.4, -0.2) is 54.2 Å². The van der Waals surface area contributed by atoms with Crippen LogP contribution in [0.15, 0.2) is 6.20 Å². The number of nitrogens with zero attached hydrogens (tertiary/aromatic N) is 4. The highest BCUT2D eigenvalue weighted by Crippen LogP contribution is 2.22. The first-order valence-corrected chi connectivity index (χ1v) is 9.78. The summed E-state index contributed by atoms with van der Waals surface area (Å²) in [5, 5.41) is 11.2. The number of aromatic nitrogens is 3. The summed E-state index contributed by atoms with van der Waals surface area (Å²) in [6, 6.07) is -0.0142. The molecule has 1 aliphatic rings. The summed E-state index contributed by atoms with van der Waals surface area (Å²) < 4.78 is 23.4. The standard InChI is InChI=1S/C14H25N5O2S/c1-3-5-6-8-15-14-17-13(10-16-18-14)19(4-2)12-7-9-22(20,21)11-12/h10,12H,3-9,11H2,1-2H3,(H,15,17,18). The molecular weight excluding hydrogens is 302 g/mol. The summed E-state index contributed by atoms with van der Waals surface area (Å²) >= 11 is 0. The molecule has 7 nitrogen and oxygen atoms in total. The Morgan fingerprint density at radius 2 is 2.18 bits per heavy atom. The van der Waals surface area contributed by atoms with E-state index in [0.29, 0.717) is 24.7 Å². The Bertz CT molecular complexity index is 578. The van der Waals surface area contributed by atoms with Crippen molar-refractivity contribution < 1.29 is 8.42 Å². The number of unbranched alkanes of at least 4 members (excludes halogenated alkanes) is 2. The fourth-order valence-corrected chi connectivity index (χ4v) is 4.44. The van der Waals surface area contributed by atoms with Gasteiger partial charge in [0.15, 0.2) is 15.7 Å². The lowest BCUT2D eigenvalue weighted by Gasteiger charge is -2.27. The van der Waals surface area contributed by atoms with E-state index in [1.807, 2.05) is 11.8 Å². The topological polar surface area (TPSA) is 88.1 Å². The van der Waals surface area contributed by atoms with Crippen molar-refractivity contribution in [1.82, 2.24) is 15.2 Å². The third kappa shape index (κ3) is 4.53. The maximum absolute atomic E-state index is 11.7. The van der Waals surface area contributed by atoms with Crippen LogP contribution >= 0.6 is 0 Å². The number of anilines is 2. The highest BCUT2D eigenvalue weighted by molar-refractivity contribution is 7.91. The second-order valence-corrected chi connectivity index (χ2v) is 7.84. The van der Waals surface area contributed by atoms with Gasteiger partial charge in [0, 0.05) is 19.1 Å². The molecule has 0 saturated carbocycles. The van der Waals surface area contributed by atoms with Crippen LogP contribution in [0, 0.1) is 0 Å². The van der Waals surface area contributed by atoms with E-state index in [-0.39, 0.29) is 17.5 Å². The summed E-state index contributed by atoms with van der Waals surface area (Å²) in [4.78, 5) is 6.49. The molecule has 1 N–H and O–H groups in total. The van der Waals surface area contributed by atoms with E-state index in [1.54, 1.807) is 6.20 Å². The summed E-state index contributed by atoms with van der Waals surface area (Å²) in [6.45, 7) is 5.69. The minimum atomic E-state index is -2.91. The first kappa shape index (κ1) is 16.9. The fraction of sp³-hybridized carbons (Fsp3) is 0.786. The number of hydrogen-bond acceptors (Lipinski definition) is 7. The maximum atomic E-state index is 11.7. The van der Waals surface area contributed by atoms with Gasteiger partial charge in [-0.1, -0.05) is 19.8 Å². The molecule has 0 radical (unpaired) electrons. The predicted octanol–water partition coefficient (Wildman–Crippen LogP) is 1.49. The largest absolute Gasteiger partial charge is 0.353 e. The normalized spacial score (nSPS) is 20.0. The highest BCUT2D eigenvalue weighted by atomic mass is 32.2. The van der Waals surface area contributed by atoms with Crippen LogP contribution in [0.25, 0.3) is 0 Å². The molecule has 1 aromatic heterocycles. The second kappa shape index (κ2) is 7.71. The molecule has 22 heavy (non-hydrogen) atoms. The first-order valence-electron chi connectivity index (χ1n) is 7.96. The molecule has 1 unspecified atom stereocenters. The zero-order chi connectivity index (χ0) is 16.0. The van der Waals surface area contributed by atoms with Gasteiger partial charge in [0.2, 0.25) is 5.95 Å². The zero-order valence-electron chi connectivity index (χ0n) is 13.3. The van der Waals surface area contributed by atoms with Crippen molar-refractivity contribution in [3.8, 4) is 0 Å². The van der Waals surface area contributed by atoms with Crippen molar-refractivity contribution in [2.45, 2.75) is 45.6 Å². The lowest BCUT2D eigenvalue weighted by molar-refractivity contribution is 0.599. The minimum Gasteiger partial charge on any atom is -0.353 e. The van der Waals surface area contributed by atoms with Crippen molar-refractivity contribution in [1.29, 1.82) is 0 Å². The van der Waals surface area contributed by atoms with Crippen molar-refractivity contribution >= 4 is 21.6 Å². The molecule has 2 heterocycles.